The smallest absolute Gasteiger partial charge is 0.319 e. The minimum Gasteiger partial charge on any atom is -0.335 e. The number of anilines is 1. The highest BCUT2D eigenvalue weighted by atomic mass is 16.2. The van der Waals surface area contributed by atoms with Gasteiger partial charge in [-0.25, -0.2) is 9.48 Å². The molecule has 7 heteroatoms. The summed E-state index contributed by atoms with van der Waals surface area (Å²) in [5.74, 6) is 0. The molecule has 1 aromatic carbocycles. The number of hydrogen-bond acceptors (Lipinski definition) is 4. The van der Waals surface area contributed by atoms with Gasteiger partial charge in [0.25, 0.3) is 0 Å². The van der Waals surface area contributed by atoms with Crippen LogP contribution in [0.4, 0.5) is 10.5 Å². The second-order valence-corrected chi connectivity index (χ2v) is 4.63. The molecule has 3 rings (SSSR count). The van der Waals surface area contributed by atoms with Crippen molar-refractivity contribution in [3.63, 3.8) is 0 Å². The molecule has 1 aliphatic rings. The van der Waals surface area contributed by atoms with E-state index in [0.717, 1.165) is 24.1 Å². The van der Waals surface area contributed by atoms with Crippen LogP contribution in [0.3, 0.4) is 0 Å². The third-order valence-corrected chi connectivity index (χ3v) is 2.98. The molecule has 1 aliphatic carbocycles. The fourth-order valence-electron chi connectivity index (χ4n) is 1.79. The Labute approximate surface area is 110 Å². The van der Waals surface area contributed by atoms with Gasteiger partial charge in [-0.1, -0.05) is 6.07 Å². The number of hydrogen-bond donors (Lipinski definition) is 2. The van der Waals surface area contributed by atoms with Crippen molar-refractivity contribution in [2.45, 2.75) is 25.8 Å². The SMILES string of the molecule is Cc1ccc(NC(=O)NC2CC2)cc1-n1cnnn1. The number of urea groups is 1. The van der Waals surface area contributed by atoms with Crippen molar-refractivity contribution in [1.29, 1.82) is 0 Å². The van der Waals surface area contributed by atoms with E-state index in [9.17, 15) is 4.79 Å². The Hall–Kier alpha value is -2.44. The van der Waals surface area contributed by atoms with E-state index in [2.05, 4.69) is 26.2 Å². The molecular weight excluding hydrogens is 244 g/mol. The first-order valence-corrected chi connectivity index (χ1v) is 6.14. The highest BCUT2D eigenvalue weighted by Gasteiger charge is 2.23. The Morgan fingerprint density at radius 3 is 2.95 bits per heavy atom. The predicted molar refractivity (Wildman–Crippen MR) is 69.1 cm³/mol. The lowest BCUT2D eigenvalue weighted by molar-refractivity contribution is 0.251. The minimum absolute atomic E-state index is 0.172. The lowest BCUT2D eigenvalue weighted by Gasteiger charge is -2.10. The van der Waals surface area contributed by atoms with Crippen LogP contribution in [0.5, 0.6) is 0 Å². The second kappa shape index (κ2) is 4.68. The normalized spacial score (nSPS) is 14.2. The van der Waals surface area contributed by atoms with E-state index in [4.69, 9.17) is 0 Å². The largest absolute Gasteiger partial charge is 0.335 e. The number of aryl methyl sites for hydroxylation is 1. The average Bonchev–Trinajstić information content (AvgIpc) is 3.03. The number of benzene rings is 1. The fourth-order valence-corrected chi connectivity index (χ4v) is 1.79. The van der Waals surface area contributed by atoms with Crippen LogP contribution in [0.1, 0.15) is 18.4 Å². The summed E-state index contributed by atoms with van der Waals surface area (Å²) < 4.78 is 1.57. The van der Waals surface area contributed by atoms with Crippen LogP contribution in [-0.2, 0) is 0 Å². The summed E-state index contributed by atoms with van der Waals surface area (Å²) in [4.78, 5) is 11.7. The molecule has 0 bridgehead atoms. The monoisotopic (exact) mass is 258 g/mol. The van der Waals surface area contributed by atoms with E-state index in [1.165, 1.54) is 6.33 Å². The molecule has 0 unspecified atom stereocenters. The van der Waals surface area contributed by atoms with Gasteiger partial charge in [-0.15, -0.1) is 5.10 Å². The van der Waals surface area contributed by atoms with E-state index >= 15 is 0 Å². The van der Waals surface area contributed by atoms with Crippen molar-refractivity contribution >= 4 is 11.7 Å². The van der Waals surface area contributed by atoms with E-state index in [0.29, 0.717) is 11.7 Å². The zero-order chi connectivity index (χ0) is 13.2. The van der Waals surface area contributed by atoms with Crippen LogP contribution in [0.25, 0.3) is 5.69 Å². The van der Waals surface area contributed by atoms with Crippen molar-refractivity contribution in [2.75, 3.05) is 5.32 Å². The van der Waals surface area contributed by atoms with Gasteiger partial charge in [-0.05, 0) is 47.9 Å². The van der Waals surface area contributed by atoms with E-state index in [-0.39, 0.29) is 6.03 Å². The Bertz CT molecular complexity index is 590. The zero-order valence-electron chi connectivity index (χ0n) is 10.5. The minimum atomic E-state index is -0.172. The van der Waals surface area contributed by atoms with Crippen molar-refractivity contribution in [3.05, 3.63) is 30.1 Å². The molecular formula is C12H14N6O. The van der Waals surface area contributed by atoms with Crippen LogP contribution in [0.2, 0.25) is 0 Å². The topological polar surface area (TPSA) is 84.7 Å². The number of aromatic nitrogens is 4. The number of carbonyl (C=O) groups is 1. The van der Waals surface area contributed by atoms with E-state index < -0.39 is 0 Å². The summed E-state index contributed by atoms with van der Waals surface area (Å²) in [5.41, 5.74) is 2.59. The van der Waals surface area contributed by atoms with Gasteiger partial charge in [-0.2, -0.15) is 0 Å². The summed E-state index contributed by atoms with van der Waals surface area (Å²) in [7, 11) is 0. The van der Waals surface area contributed by atoms with Gasteiger partial charge in [-0.3, -0.25) is 0 Å². The lowest BCUT2D eigenvalue weighted by Crippen LogP contribution is -2.30. The molecule has 0 saturated heterocycles. The average molecular weight is 258 g/mol. The molecule has 0 radical (unpaired) electrons. The summed E-state index contributed by atoms with van der Waals surface area (Å²) in [6.07, 6.45) is 3.66. The summed E-state index contributed by atoms with van der Waals surface area (Å²) >= 11 is 0. The molecule has 7 nitrogen and oxygen atoms in total. The Morgan fingerprint density at radius 2 is 2.26 bits per heavy atom. The predicted octanol–water partition coefficient (Wildman–Crippen LogP) is 1.25. The summed E-state index contributed by atoms with van der Waals surface area (Å²) in [5, 5.41) is 16.8. The Balaban J connectivity index is 1.78. The first-order valence-electron chi connectivity index (χ1n) is 6.14. The van der Waals surface area contributed by atoms with Crippen LogP contribution < -0.4 is 10.6 Å². The van der Waals surface area contributed by atoms with E-state index in [1.807, 2.05) is 25.1 Å². The van der Waals surface area contributed by atoms with Gasteiger partial charge in [0.05, 0.1) is 5.69 Å². The van der Waals surface area contributed by atoms with Gasteiger partial charge in [0.15, 0.2) is 0 Å². The molecule has 1 saturated carbocycles. The van der Waals surface area contributed by atoms with Crippen LogP contribution in [0, 0.1) is 6.92 Å². The molecule has 2 N–H and O–H groups in total. The number of carbonyl (C=O) groups excluding carboxylic acids is 1. The highest BCUT2D eigenvalue weighted by molar-refractivity contribution is 5.90. The third-order valence-electron chi connectivity index (χ3n) is 2.98. The van der Waals surface area contributed by atoms with Gasteiger partial charge in [0, 0.05) is 11.7 Å². The molecule has 19 heavy (non-hydrogen) atoms. The molecule has 0 spiro atoms. The summed E-state index contributed by atoms with van der Waals surface area (Å²) in [6, 6.07) is 5.79. The zero-order valence-corrected chi connectivity index (χ0v) is 10.5. The third kappa shape index (κ3) is 2.70. The Kier molecular flexibility index (Phi) is 2.86. The van der Waals surface area contributed by atoms with Crippen molar-refractivity contribution in [1.82, 2.24) is 25.5 Å². The number of rotatable bonds is 3. The number of amides is 2. The molecule has 1 aromatic heterocycles. The lowest BCUT2D eigenvalue weighted by atomic mass is 10.2. The summed E-state index contributed by atoms with van der Waals surface area (Å²) in [6.45, 7) is 1.96. The number of nitrogens with zero attached hydrogens (tertiary/aromatic N) is 4. The van der Waals surface area contributed by atoms with Crippen molar-refractivity contribution in [3.8, 4) is 5.69 Å². The second-order valence-electron chi connectivity index (χ2n) is 4.63. The van der Waals surface area contributed by atoms with Crippen LogP contribution in [0.15, 0.2) is 24.5 Å². The van der Waals surface area contributed by atoms with Crippen LogP contribution in [-0.4, -0.2) is 32.3 Å². The maximum atomic E-state index is 11.7. The first-order chi connectivity index (χ1) is 9.22. The maximum Gasteiger partial charge on any atom is 0.319 e. The molecule has 2 aromatic rings. The van der Waals surface area contributed by atoms with Gasteiger partial charge >= 0.3 is 6.03 Å². The van der Waals surface area contributed by atoms with Gasteiger partial charge in [0.1, 0.15) is 6.33 Å². The standard InChI is InChI=1S/C12H14N6O/c1-8-2-3-10(15-12(19)14-9-4-5-9)6-11(8)18-7-13-16-17-18/h2-3,6-7,9H,4-5H2,1H3,(H2,14,15,19). The number of nitrogens with one attached hydrogen (secondary N) is 2. The maximum absolute atomic E-state index is 11.7. The molecule has 0 atom stereocenters. The molecule has 2 amide bonds. The quantitative estimate of drug-likeness (QED) is 0.867. The van der Waals surface area contributed by atoms with E-state index in [1.54, 1.807) is 4.68 Å². The van der Waals surface area contributed by atoms with Crippen LogP contribution >= 0.6 is 0 Å². The Morgan fingerprint density at radius 1 is 1.42 bits per heavy atom. The first kappa shape index (κ1) is 11.6. The highest BCUT2D eigenvalue weighted by Crippen LogP contribution is 2.20. The van der Waals surface area contributed by atoms with Crippen molar-refractivity contribution < 1.29 is 4.79 Å². The van der Waals surface area contributed by atoms with Crippen molar-refractivity contribution in [2.24, 2.45) is 0 Å². The van der Waals surface area contributed by atoms with Gasteiger partial charge < -0.3 is 10.6 Å². The molecule has 1 fully saturated rings. The number of tetrazole rings is 1. The molecule has 98 valence electrons. The van der Waals surface area contributed by atoms with Gasteiger partial charge in [0.2, 0.25) is 0 Å². The fraction of sp³-hybridized carbons (Fsp3) is 0.333. The molecule has 1 heterocycles. The molecule has 0 aliphatic heterocycles.